The van der Waals surface area contributed by atoms with E-state index in [1.54, 1.807) is 0 Å². The normalized spacial score (nSPS) is 43.3. The first-order chi connectivity index (χ1) is 9.06. The Bertz CT molecular complexity index is 337. The summed E-state index contributed by atoms with van der Waals surface area (Å²) in [4.78, 5) is 13.4. The third-order valence-corrected chi connectivity index (χ3v) is 5.59. The maximum absolute atomic E-state index is 11.0. The molecule has 0 aromatic rings. The quantitative estimate of drug-likeness (QED) is 0.817. The summed E-state index contributed by atoms with van der Waals surface area (Å²) in [5, 5.41) is 19.7. The van der Waals surface area contributed by atoms with Gasteiger partial charge in [-0.05, 0) is 50.4 Å². The predicted octanol–water partition coefficient (Wildman–Crippen LogP) is 1.72. The molecule has 1 aliphatic heterocycles. The van der Waals surface area contributed by atoms with Gasteiger partial charge in [-0.15, -0.1) is 0 Å². The van der Waals surface area contributed by atoms with Gasteiger partial charge >= 0.3 is 5.97 Å². The summed E-state index contributed by atoms with van der Waals surface area (Å²) in [5.74, 6) is 0.786. The van der Waals surface area contributed by atoms with Crippen molar-refractivity contribution in [1.29, 1.82) is 0 Å². The Morgan fingerprint density at radius 2 is 1.68 bits per heavy atom. The first-order valence-electron chi connectivity index (χ1n) is 7.73. The van der Waals surface area contributed by atoms with E-state index >= 15 is 0 Å². The predicted molar refractivity (Wildman–Crippen MR) is 71.8 cm³/mol. The third kappa shape index (κ3) is 2.79. The fraction of sp³-hybridized carbons (Fsp3) is 0.933. The van der Waals surface area contributed by atoms with Crippen molar-refractivity contribution < 1.29 is 15.0 Å². The van der Waals surface area contributed by atoms with Crippen LogP contribution in [0, 0.1) is 17.8 Å². The van der Waals surface area contributed by atoms with Gasteiger partial charge in [-0.2, -0.15) is 0 Å². The third-order valence-electron chi connectivity index (χ3n) is 5.59. The van der Waals surface area contributed by atoms with Gasteiger partial charge in [0.1, 0.15) is 0 Å². The average Bonchev–Trinajstić information content (AvgIpc) is 2.89. The van der Waals surface area contributed by atoms with E-state index in [1.165, 1.54) is 19.3 Å². The summed E-state index contributed by atoms with van der Waals surface area (Å²) < 4.78 is 0. The van der Waals surface area contributed by atoms with Crippen LogP contribution < -0.4 is 0 Å². The minimum atomic E-state index is -0.697. The number of fused-ring (bicyclic) bond motifs is 1. The molecule has 108 valence electrons. The fourth-order valence-electron chi connectivity index (χ4n) is 4.44. The van der Waals surface area contributed by atoms with Crippen LogP contribution in [-0.2, 0) is 4.79 Å². The Hall–Kier alpha value is -0.610. The molecule has 3 aliphatic rings. The molecule has 4 nitrogen and oxygen atoms in total. The van der Waals surface area contributed by atoms with Crippen molar-refractivity contribution in [2.45, 2.75) is 50.5 Å². The molecule has 0 amide bonds. The number of likely N-dealkylation sites (tertiary alicyclic amines) is 1. The Labute approximate surface area is 114 Å². The Kier molecular flexibility index (Phi) is 3.56. The zero-order valence-electron chi connectivity index (χ0n) is 11.6. The van der Waals surface area contributed by atoms with Crippen LogP contribution in [-0.4, -0.2) is 46.3 Å². The second-order valence-electron chi connectivity index (χ2n) is 6.98. The topological polar surface area (TPSA) is 60.8 Å². The maximum atomic E-state index is 11.0. The highest BCUT2D eigenvalue weighted by atomic mass is 16.4. The summed E-state index contributed by atoms with van der Waals surface area (Å²) >= 11 is 0. The van der Waals surface area contributed by atoms with Crippen LogP contribution >= 0.6 is 0 Å². The summed E-state index contributed by atoms with van der Waals surface area (Å²) in [5.41, 5.74) is -0.634. The Morgan fingerprint density at radius 1 is 1.11 bits per heavy atom. The number of hydrogen-bond acceptors (Lipinski definition) is 3. The summed E-state index contributed by atoms with van der Waals surface area (Å²) in [6.45, 7) is 3.05. The molecular formula is C15H25NO3. The van der Waals surface area contributed by atoms with Gasteiger partial charge in [0, 0.05) is 19.6 Å². The summed E-state index contributed by atoms with van der Waals surface area (Å²) in [6.07, 6.45) is 6.67. The zero-order valence-corrected chi connectivity index (χ0v) is 11.6. The molecule has 2 N–H and O–H groups in total. The smallest absolute Gasteiger partial charge is 0.306 e. The molecule has 0 radical (unpaired) electrons. The number of aliphatic carboxylic acids is 1. The van der Waals surface area contributed by atoms with Crippen molar-refractivity contribution in [3.63, 3.8) is 0 Å². The van der Waals surface area contributed by atoms with Gasteiger partial charge < -0.3 is 10.2 Å². The monoisotopic (exact) mass is 267 g/mol. The van der Waals surface area contributed by atoms with Gasteiger partial charge in [0.2, 0.25) is 0 Å². The van der Waals surface area contributed by atoms with Gasteiger partial charge in [0.25, 0.3) is 0 Å². The number of carboxylic acid groups (broad SMARTS) is 1. The highest BCUT2D eigenvalue weighted by molar-refractivity contribution is 5.70. The standard InChI is InChI=1S/C15H25NO3/c17-14(18)11-4-6-15(19,7-5-11)10-16-8-12-2-1-3-13(12)9-16/h11-13,19H,1-10H2,(H,17,18). The van der Waals surface area contributed by atoms with Crippen molar-refractivity contribution >= 4 is 5.97 Å². The molecule has 1 saturated heterocycles. The maximum Gasteiger partial charge on any atom is 0.306 e. The van der Waals surface area contributed by atoms with E-state index < -0.39 is 11.6 Å². The minimum Gasteiger partial charge on any atom is -0.481 e. The first kappa shape index (κ1) is 13.4. The summed E-state index contributed by atoms with van der Waals surface area (Å²) in [6, 6.07) is 0. The van der Waals surface area contributed by atoms with Crippen LogP contribution in [0.5, 0.6) is 0 Å². The van der Waals surface area contributed by atoms with Crippen LogP contribution in [0.4, 0.5) is 0 Å². The van der Waals surface area contributed by atoms with Gasteiger partial charge in [0.15, 0.2) is 0 Å². The van der Waals surface area contributed by atoms with E-state index in [4.69, 9.17) is 5.11 Å². The molecule has 2 unspecified atom stereocenters. The Balaban J connectivity index is 1.51. The number of rotatable bonds is 3. The minimum absolute atomic E-state index is 0.238. The average molecular weight is 267 g/mol. The lowest BCUT2D eigenvalue weighted by atomic mass is 9.78. The number of β-amino-alcohol motifs (C(OH)–C–C–N with tert-alkyl or cyclic N) is 1. The second kappa shape index (κ2) is 5.06. The molecular weight excluding hydrogens is 242 g/mol. The number of hydrogen-bond donors (Lipinski definition) is 2. The number of aliphatic hydroxyl groups is 1. The highest BCUT2D eigenvalue weighted by Crippen LogP contribution is 2.40. The second-order valence-corrected chi connectivity index (χ2v) is 6.98. The molecule has 2 atom stereocenters. The molecule has 2 aliphatic carbocycles. The molecule has 1 heterocycles. The van der Waals surface area contributed by atoms with Gasteiger partial charge in [0.05, 0.1) is 11.5 Å². The van der Waals surface area contributed by atoms with Crippen LogP contribution in [0.1, 0.15) is 44.9 Å². The fourth-order valence-corrected chi connectivity index (χ4v) is 4.44. The number of nitrogens with zero attached hydrogens (tertiary/aromatic N) is 1. The van der Waals surface area contributed by atoms with Crippen LogP contribution in [0.3, 0.4) is 0 Å². The molecule has 3 fully saturated rings. The van der Waals surface area contributed by atoms with Crippen LogP contribution in [0.15, 0.2) is 0 Å². The van der Waals surface area contributed by atoms with Gasteiger partial charge in [-0.3, -0.25) is 9.69 Å². The van der Waals surface area contributed by atoms with Crippen molar-refractivity contribution in [3.8, 4) is 0 Å². The van der Waals surface area contributed by atoms with Gasteiger partial charge in [-0.1, -0.05) is 6.42 Å². The van der Waals surface area contributed by atoms with E-state index in [9.17, 15) is 9.90 Å². The van der Waals surface area contributed by atoms with Crippen LogP contribution in [0.2, 0.25) is 0 Å². The molecule has 19 heavy (non-hydrogen) atoms. The molecule has 0 bridgehead atoms. The van der Waals surface area contributed by atoms with Crippen molar-refractivity contribution in [2.75, 3.05) is 19.6 Å². The highest BCUT2D eigenvalue weighted by Gasteiger charge is 2.41. The van der Waals surface area contributed by atoms with E-state index in [0.717, 1.165) is 31.5 Å². The van der Waals surface area contributed by atoms with Gasteiger partial charge in [-0.25, -0.2) is 0 Å². The number of carbonyl (C=O) groups is 1. The molecule has 3 rings (SSSR count). The number of carboxylic acids is 1. The van der Waals surface area contributed by atoms with E-state index in [-0.39, 0.29) is 5.92 Å². The lowest BCUT2D eigenvalue weighted by Gasteiger charge is -2.37. The largest absolute Gasteiger partial charge is 0.481 e. The first-order valence-corrected chi connectivity index (χ1v) is 7.73. The van der Waals surface area contributed by atoms with E-state index in [1.807, 2.05) is 0 Å². The molecule has 0 aromatic carbocycles. The molecule has 2 saturated carbocycles. The Morgan fingerprint density at radius 3 is 2.21 bits per heavy atom. The molecule has 0 spiro atoms. The molecule has 0 aromatic heterocycles. The SMILES string of the molecule is O=C(O)C1CCC(O)(CN2CC3CCCC3C2)CC1. The lowest BCUT2D eigenvalue weighted by Crippen LogP contribution is -2.45. The van der Waals surface area contributed by atoms with Crippen molar-refractivity contribution in [1.82, 2.24) is 4.90 Å². The van der Waals surface area contributed by atoms with E-state index in [0.29, 0.717) is 25.7 Å². The van der Waals surface area contributed by atoms with Crippen LogP contribution in [0.25, 0.3) is 0 Å². The van der Waals surface area contributed by atoms with Crippen molar-refractivity contribution in [2.24, 2.45) is 17.8 Å². The van der Waals surface area contributed by atoms with E-state index in [2.05, 4.69) is 4.90 Å². The molecule has 4 heteroatoms. The zero-order chi connectivity index (χ0) is 13.5. The van der Waals surface area contributed by atoms with Crippen molar-refractivity contribution in [3.05, 3.63) is 0 Å². The summed E-state index contributed by atoms with van der Waals surface area (Å²) in [7, 11) is 0. The lowest BCUT2D eigenvalue weighted by molar-refractivity contribution is -0.145.